The van der Waals surface area contributed by atoms with Crippen molar-refractivity contribution >= 4 is 19.8 Å². The Hall–Kier alpha value is -3.15. The number of carbonyl (C=O) groups excluding carboxylic acids is 2. The van der Waals surface area contributed by atoms with E-state index in [1.807, 2.05) is 24.3 Å². The highest BCUT2D eigenvalue weighted by molar-refractivity contribution is 7.47. The highest BCUT2D eigenvalue weighted by atomic mass is 31.2. The SMILES string of the molecule is CCCCC/C=C\C/C=C\C/C=C\C/C=C\C/C=C\CCC(=O)OC[C@H](COP(=O)(O)OC[C@@H](O)CO)OC(=O)CCC/C=C\C/C=C\C/C=C\CC1OC1CCCCC. The van der Waals surface area contributed by atoms with Crippen LogP contribution < -0.4 is 0 Å². The van der Waals surface area contributed by atoms with Gasteiger partial charge in [-0.25, -0.2) is 4.57 Å². The summed E-state index contributed by atoms with van der Waals surface area (Å²) < 4.78 is 38.3. The van der Waals surface area contributed by atoms with Gasteiger partial charge in [-0.15, -0.1) is 0 Å². The number of allylic oxidation sites excluding steroid dienone is 15. The number of unbranched alkanes of at least 4 members (excludes halogenated alkanes) is 6. The van der Waals surface area contributed by atoms with Gasteiger partial charge in [0, 0.05) is 12.8 Å². The molecule has 60 heavy (non-hydrogen) atoms. The van der Waals surface area contributed by atoms with Crippen molar-refractivity contribution in [3.63, 3.8) is 0 Å². The lowest BCUT2D eigenvalue weighted by Gasteiger charge is -2.20. The number of aliphatic hydroxyl groups is 2. The number of phosphoric ester groups is 1. The number of aliphatic hydroxyl groups excluding tert-OH is 2. The topological polar surface area (TPSA) is 161 Å². The van der Waals surface area contributed by atoms with Gasteiger partial charge < -0.3 is 29.3 Å². The van der Waals surface area contributed by atoms with Crippen LogP contribution in [0.5, 0.6) is 0 Å². The molecule has 0 saturated carbocycles. The third kappa shape index (κ3) is 35.6. The molecule has 0 spiro atoms. The van der Waals surface area contributed by atoms with Crippen LogP contribution in [-0.2, 0) is 37.4 Å². The van der Waals surface area contributed by atoms with E-state index in [9.17, 15) is 24.2 Å². The summed E-state index contributed by atoms with van der Waals surface area (Å²) in [5, 5.41) is 18.3. The van der Waals surface area contributed by atoms with Crippen molar-refractivity contribution < 1.29 is 52.5 Å². The van der Waals surface area contributed by atoms with Crippen LogP contribution in [0.4, 0.5) is 0 Å². The number of ether oxygens (including phenoxy) is 3. The average molecular weight is 861 g/mol. The first-order chi connectivity index (χ1) is 29.2. The Bertz CT molecular complexity index is 1380. The van der Waals surface area contributed by atoms with E-state index in [1.54, 1.807) is 0 Å². The standard InChI is InChI=1S/C48H77O11P/c1-3-5-7-8-9-10-11-12-13-14-15-16-17-18-19-23-26-29-33-37-47(51)55-41-44(42-57-60(53,54)56-40-43(50)39-49)58-48(52)38-34-30-27-24-21-20-22-25-28-32-36-46-45(59-46)35-31-6-4-2/h9-10,12-13,15-16,18-20,22,24,26-29,32,43-46,49-50H,3-8,11,14,17,21,23,25,30-31,33-42H2,1-2H3,(H,53,54)/b10-9-,13-12-,16-15-,19-18-,22-20-,27-24-,29-26-,32-28-/t43-,44+,45?,46?/m0/s1. The molecule has 1 aliphatic rings. The molecule has 0 bridgehead atoms. The van der Waals surface area contributed by atoms with E-state index in [0.29, 0.717) is 31.5 Å². The first-order valence-electron chi connectivity index (χ1n) is 22.3. The highest BCUT2D eigenvalue weighted by Crippen LogP contribution is 2.43. The van der Waals surface area contributed by atoms with Gasteiger partial charge in [0.15, 0.2) is 6.10 Å². The van der Waals surface area contributed by atoms with E-state index in [2.05, 4.69) is 91.3 Å². The second-order valence-electron chi connectivity index (χ2n) is 14.7. The summed E-state index contributed by atoms with van der Waals surface area (Å²) in [6.45, 7) is 2.14. The van der Waals surface area contributed by atoms with Gasteiger partial charge in [0.1, 0.15) is 12.7 Å². The Kier molecular flexibility index (Phi) is 35.4. The Balaban J connectivity index is 2.34. The summed E-state index contributed by atoms with van der Waals surface area (Å²) in [4.78, 5) is 35.0. The molecule has 340 valence electrons. The molecule has 0 aromatic rings. The van der Waals surface area contributed by atoms with Gasteiger partial charge in [-0.05, 0) is 83.5 Å². The van der Waals surface area contributed by atoms with Crippen molar-refractivity contribution in [1.29, 1.82) is 0 Å². The third-order valence-corrected chi connectivity index (χ3v) is 10.1. The molecule has 11 nitrogen and oxygen atoms in total. The van der Waals surface area contributed by atoms with E-state index in [1.165, 1.54) is 51.4 Å². The van der Waals surface area contributed by atoms with Crippen molar-refractivity contribution in [2.75, 3.05) is 26.4 Å². The lowest BCUT2D eigenvalue weighted by Crippen LogP contribution is -2.29. The van der Waals surface area contributed by atoms with Crippen LogP contribution in [0.3, 0.4) is 0 Å². The van der Waals surface area contributed by atoms with Crippen LogP contribution in [0.1, 0.15) is 142 Å². The summed E-state index contributed by atoms with van der Waals surface area (Å²) in [6, 6.07) is 0. The van der Waals surface area contributed by atoms with Gasteiger partial charge in [0.2, 0.25) is 0 Å². The first kappa shape index (κ1) is 54.9. The molecular formula is C48H77O11P. The van der Waals surface area contributed by atoms with E-state index in [-0.39, 0.29) is 19.4 Å². The van der Waals surface area contributed by atoms with Crippen molar-refractivity contribution in [3.8, 4) is 0 Å². The monoisotopic (exact) mass is 861 g/mol. The van der Waals surface area contributed by atoms with Gasteiger partial charge in [-0.1, -0.05) is 143 Å². The molecule has 5 atom stereocenters. The molecule has 1 saturated heterocycles. The van der Waals surface area contributed by atoms with E-state index in [0.717, 1.165) is 44.9 Å². The van der Waals surface area contributed by atoms with Crippen LogP contribution in [0.25, 0.3) is 0 Å². The van der Waals surface area contributed by atoms with Gasteiger partial charge in [-0.2, -0.15) is 0 Å². The summed E-state index contributed by atoms with van der Waals surface area (Å²) >= 11 is 0. The van der Waals surface area contributed by atoms with Crippen LogP contribution in [-0.4, -0.2) is 77.9 Å². The smallest absolute Gasteiger partial charge is 0.462 e. The molecule has 12 heteroatoms. The molecule has 1 aliphatic heterocycles. The van der Waals surface area contributed by atoms with Crippen molar-refractivity contribution in [1.82, 2.24) is 0 Å². The zero-order chi connectivity index (χ0) is 43.8. The number of phosphoric acid groups is 1. The van der Waals surface area contributed by atoms with Gasteiger partial charge in [0.05, 0.1) is 32.0 Å². The molecule has 1 rings (SSSR count). The van der Waals surface area contributed by atoms with Crippen molar-refractivity contribution in [2.45, 2.75) is 167 Å². The fraction of sp³-hybridized carbons (Fsp3) is 0.625. The lowest BCUT2D eigenvalue weighted by atomic mass is 10.1. The number of carbonyl (C=O) groups is 2. The van der Waals surface area contributed by atoms with Gasteiger partial charge in [0.25, 0.3) is 0 Å². The van der Waals surface area contributed by atoms with Crippen LogP contribution in [0, 0.1) is 0 Å². The summed E-state index contributed by atoms with van der Waals surface area (Å²) in [5.41, 5.74) is 0. The van der Waals surface area contributed by atoms with Crippen molar-refractivity contribution in [2.24, 2.45) is 0 Å². The predicted molar refractivity (Wildman–Crippen MR) is 241 cm³/mol. The maximum atomic E-state index is 12.6. The molecular weight excluding hydrogens is 783 g/mol. The quantitative estimate of drug-likeness (QED) is 0.0177. The van der Waals surface area contributed by atoms with Crippen LogP contribution in [0.15, 0.2) is 97.2 Å². The zero-order valence-corrected chi connectivity index (χ0v) is 37.5. The molecule has 1 heterocycles. The van der Waals surface area contributed by atoms with Gasteiger partial charge in [-0.3, -0.25) is 18.6 Å². The number of esters is 2. The molecule has 1 fully saturated rings. The molecule has 0 aromatic heterocycles. The maximum Gasteiger partial charge on any atom is 0.472 e. The summed E-state index contributed by atoms with van der Waals surface area (Å²) in [6.07, 6.45) is 50.0. The Morgan fingerprint density at radius 1 is 0.600 bits per heavy atom. The molecule has 3 N–H and O–H groups in total. The summed E-state index contributed by atoms with van der Waals surface area (Å²) in [7, 11) is -4.66. The summed E-state index contributed by atoms with van der Waals surface area (Å²) in [5.74, 6) is -1.10. The minimum Gasteiger partial charge on any atom is -0.462 e. The first-order valence-corrected chi connectivity index (χ1v) is 23.8. The largest absolute Gasteiger partial charge is 0.472 e. The van der Waals surface area contributed by atoms with E-state index >= 15 is 0 Å². The second-order valence-corrected chi connectivity index (χ2v) is 16.2. The van der Waals surface area contributed by atoms with Crippen molar-refractivity contribution in [3.05, 3.63) is 97.2 Å². The molecule has 0 amide bonds. The highest BCUT2D eigenvalue weighted by Gasteiger charge is 2.36. The minimum absolute atomic E-state index is 0.0831. The predicted octanol–water partition coefficient (Wildman–Crippen LogP) is 11.0. The average Bonchev–Trinajstić information content (AvgIpc) is 3.99. The number of epoxide rings is 1. The normalized spacial score (nSPS) is 18.1. The van der Waals surface area contributed by atoms with Crippen LogP contribution in [0.2, 0.25) is 0 Å². The Morgan fingerprint density at radius 2 is 1.10 bits per heavy atom. The van der Waals surface area contributed by atoms with Crippen LogP contribution >= 0.6 is 7.82 Å². The lowest BCUT2D eigenvalue weighted by molar-refractivity contribution is -0.161. The second kappa shape index (κ2) is 38.7. The zero-order valence-electron chi connectivity index (χ0n) is 36.6. The fourth-order valence-electron chi connectivity index (χ4n) is 5.59. The molecule has 0 aromatic carbocycles. The Morgan fingerprint density at radius 3 is 1.67 bits per heavy atom. The number of hydrogen-bond acceptors (Lipinski definition) is 10. The minimum atomic E-state index is -4.66. The number of rotatable bonds is 39. The number of hydrogen-bond donors (Lipinski definition) is 3. The van der Waals surface area contributed by atoms with E-state index in [4.69, 9.17) is 23.8 Å². The maximum absolute atomic E-state index is 12.6. The van der Waals surface area contributed by atoms with Gasteiger partial charge >= 0.3 is 19.8 Å². The third-order valence-electron chi connectivity index (χ3n) is 9.15. The van der Waals surface area contributed by atoms with E-state index < -0.39 is 51.8 Å². The molecule has 0 radical (unpaired) electrons. The Labute approximate surface area is 361 Å². The molecule has 3 unspecified atom stereocenters. The molecule has 0 aliphatic carbocycles. The fourth-order valence-corrected chi connectivity index (χ4v) is 6.38.